The van der Waals surface area contributed by atoms with Gasteiger partial charge in [0.1, 0.15) is 0 Å². The van der Waals surface area contributed by atoms with Gasteiger partial charge in [-0.15, -0.1) is 0 Å². The van der Waals surface area contributed by atoms with Gasteiger partial charge in [0.25, 0.3) is 0 Å². The normalized spacial score (nSPS) is 22.1. The predicted molar refractivity (Wildman–Crippen MR) is 145 cm³/mol. The average Bonchev–Trinajstić information content (AvgIpc) is 3.29. The molecule has 2 unspecified atom stereocenters. The summed E-state index contributed by atoms with van der Waals surface area (Å²) in [6, 6.07) is 29.9. The molecule has 2 N–H and O–H groups in total. The molecule has 0 bridgehead atoms. The first-order valence-corrected chi connectivity index (χ1v) is 11.9. The molecule has 0 spiro atoms. The Kier molecular flexibility index (Phi) is 6.07. The van der Waals surface area contributed by atoms with Gasteiger partial charge in [-0.05, 0) is 54.5 Å². The van der Waals surface area contributed by atoms with E-state index in [1.165, 1.54) is 16.8 Å². The lowest BCUT2D eigenvalue weighted by Crippen LogP contribution is -2.38. The van der Waals surface area contributed by atoms with E-state index in [-0.39, 0.29) is 12.1 Å². The maximum atomic E-state index is 5.46. The lowest BCUT2D eigenvalue weighted by Gasteiger charge is -2.29. The lowest BCUT2D eigenvalue weighted by molar-refractivity contribution is 0.685. The number of aliphatic imine (C=N–C) groups is 1. The molecule has 1 saturated heterocycles. The molecular weight excluding hydrogens is 438 g/mol. The smallest absolute Gasteiger partial charge is 0.193 e. The van der Waals surface area contributed by atoms with Crippen molar-refractivity contribution in [3.63, 3.8) is 0 Å². The van der Waals surface area contributed by atoms with Crippen LogP contribution in [0.25, 0.3) is 0 Å². The highest BCUT2D eigenvalue weighted by Crippen LogP contribution is 2.40. The van der Waals surface area contributed by atoms with Crippen molar-refractivity contribution in [1.82, 2.24) is 10.7 Å². The summed E-state index contributed by atoms with van der Waals surface area (Å²) in [7, 11) is 4.13. The SMILES string of the molecule is CC1=NC(=S)NC(c2ccccc2)/C1=C1/CC(c2ccc(N(C)C)cc2)N(c2ccccc2)N1. The molecule has 3 aromatic rings. The van der Waals surface area contributed by atoms with Gasteiger partial charge in [-0.2, -0.15) is 0 Å². The monoisotopic (exact) mass is 467 g/mol. The Morgan fingerprint density at radius 2 is 1.53 bits per heavy atom. The van der Waals surface area contributed by atoms with Crippen LogP contribution in [0.15, 0.2) is 101 Å². The third kappa shape index (κ3) is 4.29. The summed E-state index contributed by atoms with van der Waals surface area (Å²) >= 11 is 5.46. The first kappa shape index (κ1) is 22.2. The van der Waals surface area contributed by atoms with E-state index in [1.807, 2.05) is 12.1 Å². The van der Waals surface area contributed by atoms with Crippen LogP contribution in [-0.4, -0.2) is 24.9 Å². The van der Waals surface area contributed by atoms with Crippen LogP contribution in [0.4, 0.5) is 11.4 Å². The number of anilines is 2. The maximum absolute atomic E-state index is 5.46. The van der Waals surface area contributed by atoms with Gasteiger partial charge in [0.2, 0.25) is 0 Å². The quantitative estimate of drug-likeness (QED) is 0.492. The van der Waals surface area contributed by atoms with Crippen molar-refractivity contribution >= 4 is 34.4 Å². The number of thiocarbonyl (C=S) groups is 1. The Bertz CT molecular complexity index is 1230. The summed E-state index contributed by atoms with van der Waals surface area (Å²) in [5.41, 5.74) is 11.8. The van der Waals surface area contributed by atoms with Crippen LogP contribution in [0.3, 0.4) is 0 Å². The molecule has 2 atom stereocenters. The number of nitrogens with zero attached hydrogens (tertiary/aromatic N) is 3. The number of rotatable bonds is 4. The van der Waals surface area contributed by atoms with Gasteiger partial charge in [-0.25, -0.2) is 4.99 Å². The van der Waals surface area contributed by atoms with Crippen molar-refractivity contribution in [3.8, 4) is 0 Å². The number of benzene rings is 3. The van der Waals surface area contributed by atoms with E-state index in [2.05, 4.69) is 119 Å². The van der Waals surface area contributed by atoms with Crippen molar-refractivity contribution in [1.29, 1.82) is 0 Å². The van der Waals surface area contributed by atoms with Crippen molar-refractivity contribution in [2.24, 2.45) is 4.99 Å². The lowest BCUT2D eigenvalue weighted by atomic mass is 9.90. The zero-order valence-electron chi connectivity index (χ0n) is 19.7. The Balaban J connectivity index is 1.60. The molecule has 6 heteroatoms. The molecular formula is C28H29N5S. The molecule has 172 valence electrons. The largest absolute Gasteiger partial charge is 0.378 e. The molecule has 0 aromatic heterocycles. The molecule has 2 heterocycles. The topological polar surface area (TPSA) is 42.9 Å². The van der Waals surface area contributed by atoms with E-state index in [9.17, 15) is 0 Å². The highest BCUT2D eigenvalue weighted by atomic mass is 32.1. The van der Waals surface area contributed by atoms with Crippen LogP contribution in [-0.2, 0) is 0 Å². The van der Waals surface area contributed by atoms with Crippen LogP contribution in [0.5, 0.6) is 0 Å². The molecule has 2 aliphatic rings. The summed E-state index contributed by atoms with van der Waals surface area (Å²) in [6.45, 7) is 2.05. The first-order valence-electron chi connectivity index (χ1n) is 11.5. The molecule has 5 nitrogen and oxygen atoms in total. The molecule has 5 rings (SSSR count). The summed E-state index contributed by atoms with van der Waals surface area (Å²) in [6.07, 6.45) is 0.843. The number of hydrogen-bond acceptors (Lipinski definition) is 4. The molecule has 3 aromatic carbocycles. The van der Waals surface area contributed by atoms with Gasteiger partial charge < -0.3 is 15.6 Å². The van der Waals surface area contributed by atoms with E-state index < -0.39 is 0 Å². The Morgan fingerprint density at radius 1 is 0.882 bits per heavy atom. The van der Waals surface area contributed by atoms with Crippen LogP contribution in [0.1, 0.15) is 36.6 Å². The van der Waals surface area contributed by atoms with E-state index in [4.69, 9.17) is 12.2 Å². The van der Waals surface area contributed by atoms with Crippen LogP contribution in [0, 0.1) is 0 Å². The standard InChI is InChI=1S/C28H29N5S/c1-19-26(27(30-28(34)29-19)21-10-6-4-7-11-21)24-18-25(20-14-16-22(17-15-20)32(2)3)33(31-24)23-12-8-5-9-13-23/h4-17,25,27,31H,18H2,1-3H3,(H,30,34)/b26-24-. The minimum Gasteiger partial charge on any atom is -0.378 e. The zero-order valence-corrected chi connectivity index (χ0v) is 20.5. The van der Waals surface area contributed by atoms with Crippen LogP contribution >= 0.6 is 12.2 Å². The minimum absolute atomic E-state index is 0.0406. The van der Waals surface area contributed by atoms with Gasteiger partial charge in [0, 0.05) is 43.2 Å². The number of nitrogens with one attached hydrogen (secondary N) is 2. The maximum Gasteiger partial charge on any atom is 0.193 e. The van der Waals surface area contributed by atoms with Crippen molar-refractivity contribution < 1.29 is 0 Å². The van der Waals surface area contributed by atoms with Gasteiger partial charge in [0.05, 0.1) is 17.8 Å². The average molecular weight is 468 g/mol. The second-order valence-electron chi connectivity index (χ2n) is 8.91. The van der Waals surface area contributed by atoms with E-state index >= 15 is 0 Å². The summed E-state index contributed by atoms with van der Waals surface area (Å²) < 4.78 is 0. The van der Waals surface area contributed by atoms with Gasteiger partial charge >= 0.3 is 0 Å². The van der Waals surface area contributed by atoms with Gasteiger partial charge in [0.15, 0.2) is 5.11 Å². The number of para-hydroxylation sites is 1. The first-order chi connectivity index (χ1) is 16.5. The van der Waals surface area contributed by atoms with Gasteiger partial charge in [-0.3, -0.25) is 5.01 Å². The van der Waals surface area contributed by atoms with Crippen LogP contribution in [0.2, 0.25) is 0 Å². The van der Waals surface area contributed by atoms with Crippen molar-refractivity contribution in [2.75, 3.05) is 24.0 Å². The fraction of sp³-hybridized carbons (Fsp3) is 0.214. The fourth-order valence-electron chi connectivity index (χ4n) is 4.76. The third-order valence-corrected chi connectivity index (χ3v) is 6.68. The minimum atomic E-state index is -0.0406. The fourth-order valence-corrected chi connectivity index (χ4v) is 5.01. The molecule has 0 saturated carbocycles. The second kappa shape index (κ2) is 9.31. The van der Waals surface area contributed by atoms with E-state index in [0.29, 0.717) is 5.11 Å². The summed E-state index contributed by atoms with van der Waals surface area (Å²) in [5.74, 6) is 0. The summed E-state index contributed by atoms with van der Waals surface area (Å²) in [5, 5.41) is 6.25. The molecule has 2 aliphatic heterocycles. The molecule has 0 radical (unpaired) electrons. The Morgan fingerprint density at radius 3 is 2.18 bits per heavy atom. The molecule has 34 heavy (non-hydrogen) atoms. The number of hydrogen-bond donors (Lipinski definition) is 2. The molecule has 0 amide bonds. The highest BCUT2D eigenvalue weighted by molar-refractivity contribution is 7.80. The Labute approximate surface area is 206 Å². The summed E-state index contributed by atoms with van der Waals surface area (Å²) in [4.78, 5) is 6.75. The molecule has 0 aliphatic carbocycles. The highest BCUT2D eigenvalue weighted by Gasteiger charge is 2.35. The number of hydrazine groups is 1. The Hall–Kier alpha value is -3.64. The van der Waals surface area contributed by atoms with Gasteiger partial charge in [-0.1, -0.05) is 60.7 Å². The molecule has 1 fully saturated rings. The van der Waals surface area contributed by atoms with Crippen molar-refractivity contribution in [3.05, 3.63) is 107 Å². The third-order valence-electron chi connectivity index (χ3n) is 6.47. The van der Waals surface area contributed by atoms with E-state index in [0.717, 1.165) is 29.1 Å². The second-order valence-corrected chi connectivity index (χ2v) is 9.29. The predicted octanol–water partition coefficient (Wildman–Crippen LogP) is 5.55. The van der Waals surface area contributed by atoms with E-state index in [1.54, 1.807) is 0 Å². The van der Waals surface area contributed by atoms with Crippen LogP contribution < -0.4 is 20.7 Å². The van der Waals surface area contributed by atoms with Crippen molar-refractivity contribution in [2.45, 2.75) is 25.4 Å². The zero-order chi connectivity index (χ0) is 23.7.